The van der Waals surface area contributed by atoms with Gasteiger partial charge in [0.2, 0.25) is 0 Å². The fourth-order valence-corrected chi connectivity index (χ4v) is 1.45. The summed E-state index contributed by atoms with van der Waals surface area (Å²) in [5, 5.41) is 7.11. The van der Waals surface area contributed by atoms with Crippen LogP contribution in [0.15, 0.2) is 30.6 Å². The molecule has 0 saturated heterocycles. The molecule has 70 valence electrons. The standard InChI is InChI=1S/C10H7ClN2O/c11-9-2-1-7(6-14)10(3-9)8-4-12-13-5-8/h1-6H,(H,12,13). The van der Waals surface area contributed by atoms with Crippen LogP contribution in [0.1, 0.15) is 10.4 Å². The second-order valence-corrected chi connectivity index (χ2v) is 3.27. The van der Waals surface area contributed by atoms with Gasteiger partial charge in [-0.25, -0.2) is 0 Å². The molecular weight excluding hydrogens is 200 g/mol. The Hall–Kier alpha value is -1.61. The van der Waals surface area contributed by atoms with Gasteiger partial charge in [0.1, 0.15) is 0 Å². The summed E-state index contributed by atoms with van der Waals surface area (Å²) in [5.41, 5.74) is 2.26. The zero-order valence-electron chi connectivity index (χ0n) is 7.20. The van der Waals surface area contributed by atoms with Crippen molar-refractivity contribution >= 4 is 17.9 Å². The monoisotopic (exact) mass is 206 g/mol. The molecule has 2 aromatic rings. The number of H-pyrrole nitrogens is 1. The number of nitrogens with one attached hydrogen (secondary N) is 1. The number of rotatable bonds is 2. The average Bonchev–Trinajstić information content (AvgIpc) is 2.70. The summed E-state index contributed by atoms with van der Waals surface area (Å²) >= 11 is 5.84. The van der Waals surface area contributed by atoms with Crippen molar-refractivity contribution in [1.29, 1.82) is 0 Å². The van der Waals surface area contributed by atoms with E-state index in [2.05, 4.69) is 10.2 Å². The SMILES string of the molecule is O=Cc1ccc(Cl)cc1-c1cn[nH]c1. The fraction of sp³-hybridized carbons (Fsp3) is 0. The molecule has 0 spiro atoms. The Balaban J connectivity index is 2.61. The number of carbonyl (C=O) groups is 1. The molecule has 0 bridgehead atoms. The Labute approximate surface area is 85.7 Å². The molecule has 2 rings (SSSR count). The Morgan fingerprint density at radius 3 is 2.93 bits per heavy atom. The summed E-state index contributed by atoms with van der Waals surface area (Å²) in [7, 11) is 0. The van der Waals surface area contributed by atoms with Crippen molar-refractivity contribution in [2.24, 2.45) is 0 Å². The third-order valence-electron chi connectivity index (χ3n) is 1.95. The first kappa shape index (κ1) is 8.97. The van der Waals surface area contributed by atoms with Crippen molar-refractivity contribution < 1.29 is 4.79 Å². The van der Waals surface area contributed by atoms with E-state index in [1.807, 2.05) is 0 Å². The highest BCUT2D eigenvalue weighted by Crippen LogP contribution is 2.24. The van der Waals surface area contributed by atoms with Gasteiger partial charge in [0.15, 0.2) is 6.29 Å². The molecule has 0 unspecified atom stereocenters. The van der Waals surface area contributed by atoms with Crippen molar-refractivity contribution in [3.8, 4) is 11.1 Å². The van der Waals surface area contributed by atoms with E-state index in [9.17, 15) is 4.79 Å². The highest BCUT2D eigenvalue weighted by molar-refractivity contribution is 6.31. The highest BCUT2D eigenvalue weighted by atomic mass is 35.5. The van der Waals surface area contributed by atoms with Crippen LogP contribution in [-0.4, -0.2) is 16.5 Å². The van der Waals surface area contributed by atoms with Crippen LogP contribution >= 0.6 is 11.6 Å². The van der Waals surface area contributed by atoms with E-state index in [-0.39, 0.29) is 0 Å². The minimum atomic E-state index is 0.604. The first-order valence-corrected chi connectivity index (χ1v) is 4.43. The largest absolute Gasteiger partial charge is 0.298 e. The number of benzene rings is 1. The van der Waals surface area contributed by atoms with Gasteiger partial charge in [0, 0.05) is 22.3 Å². The number of aldehydes is 1. The Morgan fingerprint density at radius 1 is 1.43 bits per heavy atom. The van der Waals surface area contributed by atoms with Crippen LogP contribution in [0.3, 0.4) is 0 Å². The van der Waals surface area contributed by atoms with E-state index >= 15 is 0 Å². The smallest absolute Gasteiger partial charge is 0.150 e. The molecule has 0 saturated carbocycles. The number of hydrogen-bond donors (Lipinski definition) is 1. The van der Waals surface area contributed by atoms with Crippen LogP contribution in [-0.2, 0) is 0 Å². The maximum absolute atomic E-state index is 10.8. The van der Waals surface area contributed by atoms with E-state index in [1.165, 1.54) is 0 Å². The Morgan fingerprint density at radius 2 is 2.29 bits per heavy atom. The van der Waals surface area contributed by atoms with Crippen LogP contribution in [0.4, 0.5) is 0 Å². The van der Waals surface area contributed by atoms with E-state index in [0.717, 1.165) is 17.4 Å². The van der Waals surface area contributed by atoms with Crippen LogP contribution in [0.5, 0.6) is 0 Å². The number of nitrogens with zero attached hydrogens (tertiary/aromatic N) is 1. The molecule has 4 heteroatoms. The van der Waals surface area contributed by atoms with Gasteiger partial charge in [0.05, 0.1) is 6.20 Å². The zero-order chi connectivity index (χ0) is 9.97. The van der Waals surface area contributed by atoms with Crippen molar-refractivity contribution in [3.05, 3.63) is 41.2 Å². The molecule has 0 aliphatic carbocycles. The van der Waals surface area contributed by atoms with Crippen LogP contribution in [0.2, 0.25) is 5.02 Å². The lowest BCUT2D eigenvalue weighted by Crippen LogP contribution is -1.85. The van der Waals surface area contributed by atoms with Gasteiger partial charge >= 0.3 is 0 Å². The first-order chi connectivity index (χ1) is 6.81. The normalized spacial score (nSPS) is 10.1. The summed E-state index contributed by atoms with van der Waals surface area (Å²) in [6.07, 6.45) is 4.18. The minimum Gasteiger partial charge on any atom is -0.298 e. The van der Waals surface area contributed by atoms with Gasteiger partial charge in [0.25, 0.3) is 0 Å². The quantitative estimate of drug-likeness (QED) is 0.768. The Bertz CT molecular complexity index is 451. The van der Waals surface area contributed by atoms with Crippen molar-refractivity contribution in [1.82, 2.24) is 10.2 Å². The topological polar surface area (TPSA) is 45.8 Å². The van der Waals surface area contributed by atoms with Gasteiger partial charge in [-0.05, 0) is 23.8 Å². The third-order valence-corrected chi connectivity index (χ3v) is 2.19. The van der Waals surface area contributed by atoms with Gasteiger partial charge in [-0.15, -0.1) is 0 Å². The molecule has 14 heavy (non-hydrogen) atoms. The van der Waals surface area contributed by atoms with Gasteiger partial charge in [-0.1, -0.05) is 11.6 Å². The van der Waals surface area contributed by atoms with E-state index in [0.29, 0.717) is 10.6 Å². The maximum atomic E-state index is 10.8. The fourth-order valence-electron chi connectivity index (χ4n) is 1.28. The van der Waals surface area contributed by atoms with E-state index in [1.54, 1.807) is 30.6 Å². The molecule has 0 atom stereocenters. The lowest BCUT2D eigenvalue weighted by Gasteiger charge is -2.01. The van der Waals surface area contributed by atoms with Gasteiger partial charge in [-0.3, -0.25) is 9.89 Å². The molecule has 1 heterocycles. The number of hydrogen-bond acceptors (Lipinski definition) is 2. The molecule has 0 fully saturated rings. The summed E-state index contributed by atoms with van der Waals surface area (Å²) in [5.74, 6) is 0. The summed E-state index contributed by atoms with van der Waals surface area (Å²) in [6, 6.07) is 5.13. The molecule has 0 aliphatic rings. The second kappa shape index (κ2) is 3.64. The summed E-state index contributed by atoms with van der Waals surface area (Å²) < 4.78 is 0. The molecule has 1 aromatic heterocycles. The van der Waals surface area contributed by atoms with Crippen molar-refractivity contribution in [2.75, 3.05) is 0 Å². The maximum Gasteiger partial charge on any atom is 0.150 e. The van der Waals surface area contributed by atoms with E-state index in [4.69, 9.17) is 11.6 Å². The van der Waals surface area contributed by atoms with Crippen molar-refractivity contribution in [2.45, 2.75) is 0 Å². The number of carbonyl (C=O) groups excluding carboxylic acids is 1. The summed E-state index contributed by atoms with van der Waals surface area (Å²) in [6.45, 7) is 0. The van der Waals surface area contributed by atoms with Crippen LogP contribution in [0.25, 0.3) is 11.1 Å². The first-order valence-electron chi connectivity index (χ1n) is 4.05. The van der Waals surface area contributed by atoms with Gasteiger partial charge in [-0.2, -0.15) is 5.10 Å². The molecule has 3 nitrogen and oxygen atoms in total. The highest BCUT2D eigenvalue weighted by Gasteiger charge is 2.05. The minimum absolute atomic E-state index is 0.604. The predicted molar refractivity (Wildman–Crippen MR) is 54.4 cm³/mol. The molecule has 0 radical (unpaired) electrons. The van der Waals surface area contributed by atoms with Crippen LogP contribution < -0.4 is 0 Å². The van der Waals surface area contributed by atoms with Crippen LogP contribution in [0, 0.1) is 0 Å². The second-order valence-electron chi connectivity index (χ2n) is 2.84. The third kappa shape index (κ3) is 1.54. The van der Waals surface area contributed by atoms with E-state index < -0.39 is 0 Å². The summed E-state index contributed by atoms with van der Waals surface area (Å²) in [4.78, 5) is 10.8. The zero-order valence-corrected chi connectivity index (χ0v) is 7.95. The van der Waals surface area contributed by atoms with Gasteiger partial charge < -0.3 is 0 Å². The number of aromatic amines is 1. The van der Waals surface area contributed by atoms with Crippen molar-refractivity contribution in [3.63, 3.8) is 0 Å². The Kier molecular flexibility index (Phi) is 2.33. The average molecular weight is 207 g/mol. The molecule has 0 aliphatic heterocycles. The molecule has 1 aromatic carbocycles. The molecule has 1 N–H and O–H groups in total. The molecule has 0 amide bonds. The molecular formula is C10H7ClN2O. The number of aromatic nitrogens is 2. The predicted octanol–water partition coefficient (Wildman–Crippen LogP) is 2.54. The lowest BCUT2D eigenvalue weighted by molar-refractivity contribution is 0.112. The lowest BCUT2D eigenvalue weighted by atomic mass is 10.0. The number of halogens is 1.